The lowest BCUT2D eigenvalue weighted by Gasteiger charge is -2.11. The molecule has 0 radical (unpaired) electrons. The maximum absolute atomic E-state index is 13.7. The fraction of sp³-hybridized carbons (Fsp3) is 0.133. The van der Waals surface area contributed by atoms with Gasteiger partial charge < -0.3 is 0 Å². The molecule has 0 bridgehead atoms. The molecule has 2 aromatic carbocycles. The third-order valence-electron chi connectivity index (χ3n) is 2.88. The van der Waals surface area contributed by atoms with Gasteiger partial charge in [0.05, 0.1) is 18.1 Å². The van der Waals surface area contributed by atoms with Gasteiger partial charge in [-0.3, -0.25) is 0 Å². The summed E-state index contributed by atoms with van der Waals surface area (Å²) in [6, 6.07) is 10.5. The molecule has 1 nitrogen and oxygen atoms in total. The standard InChI is InChI=1S/C15H9F4N/c16-14-6-2-5-12(13(14)7-8-20)10-3-1-4-11(9-10)15(17,18)19/h1-6,9H,7H2. The second-order valence-electron chi connectivity index (χ2n) is 4.18. The molecular formula is C15H9F4N. The van der Waals surface area contributed by atoms with Gasteiger partial charge in [0.15, 0.2) is 0 Å². The Hall–Kier alpha value is -2.35. The molecule has 0 aromatic heterocycles. The second-order valence-corrected chi connectivity index (χ2v) is 4.18. The first kappa shape index (κ1) is 14.1. The molecule has 2 rings (SSSR count). The zero-order valence-electron chi connectivity index (χ0n) is 10.2. The van der Waals surface area contributed by atoms with E-state index in [4.69, 9.17) is 5.26 Å². The summed E-state index contributed by atoms with van der Waals surface area (Å²) in [7, 11) is 0. The van der Waals surface area contributed by atoms with E-state index in [1.54, 1.807) is 0 Å². The molecule has 0 fully saturated rings. The zero-order chi connectivity index (χ0) is 14.8. The minimum Gasteiger partial charge on any atom is -0.207 e. The monoisotopic (exact) mass is 279 g/mol. The molecular weight excluding hydrogens is 270 g/mol. The fourth-order valence-electron chi connectivity index (χ4n) is 1.95. The van der Waals surface area contributed by atoms with Gasteiger partial charge in [-0.2, -0.15) is 18.4 Å². The topological polar surface area (TPSA) is 23.8 Å². The second kappa shape index (κ2) is 5.33. The number of rotatable bonds is 2. The van der Waals surface area contributed by atoms with Crippen LogP contribution >= 0.6 is 0 Å². The Morgan fingerprint density at radius 1 is 1.05 bits per heavy atom. The van der Waals surface area contributed by atoms with Crippen molar-refractivity contribution in [2.24, 2.45) is 0 Å². The summed E-state index contributed by atoms with van der Waals surface area (Å²) < 4.78 is 51.7. The summed E-state index contributed by atoms with van der Waals surface area (Å²) in [5.41, 5.74) is -0.154. The molecule has 0 saturated heterocycles. The van der Waals surface area contributed by atoms with Crippen LogP contribution in [0.15, 0.2) is 42.5 Å². The molecule has 0 unspecified atom stereocenters. The minimum absolute atomic E-state index is 0.106. The van der Waals surface area contributed by atoms with E-state index in [1.807, 2.05) is 6.07 Å². The molecule has 5 heteroatoms. The van der Waals surface area contributed by atoms with Crippen molar-refractivity contribution in [3.63, 3.8) is 0 Å². The Morgan fingerprint density at radius 2 is 1.75 bits per heavy atom. The van der Waals surface area contributed by atoms with Crippen molar-refractivity contribution in [3.05, 3.63) is 59.4 Å². The van der Waals surface area contributed by atoms with Gasteiger partial charge >= 0.3 is 6.18 Å². The van der Waals surface area contributed by atoms with E-state index in [0.29, 0.717) is 5.56 Å². The molecule has 102 valence electrons. The van der Waals surface area contributed by atoms with Crippen LogP contribution in [0.4, 0.5) is 17.6 Å². The fourth-order valence-corrected chi connectivity index (χ4v) is 1.95. The Bertz CT molecular complexity index is 668. The van der Waals surface area contributed by atoms with Gasteiger partial charge in [0.1, 0.15) is 5.82 Å². The highest BCUT2D eigenvalue weighted by Gasteiger charge is 2.30. The van der Waals surface area contributed by atoms with Crippen LogP contribution in [0.3, 0.4) is 0 Å². The van der Waals surface area contributed by atoms with Gasteiger partial charge in [0.25, 0.3) is 0 Å². The molecule has 0 aliphatic rings. The maximum atomic E-state index is 13.7. The highest BCUT2D eigenvalue weighted by Crippen LogP contribution is 2.33. The third-order valence-corrected chi connectivity index (χ3v) is 2.88. The van der Waals surface area contributed by atoms with E-state index in [9.17, 15) is 17.6 Å². The first-order valence-corrected chi connectivity index (χ1v) is 5.75. The van der Waals surface area contributed by atoms with Crippen LogP contribution in [0.1, 0.15) is 11.1 Å². The number of nitriles is 1. The van der Waals surface area contributed by atoms with Crippen molar-refractivity contribution in [2.75, 3.05) is 0 Å². The predicted molar refractivity (Wildman–Crippen MR) is 66.2 cm³/mol. The van der Waals surface area contributed by atoms with Gasteiger partial charge in [-0.15, -0.1) is 0 Å². The summed E-state index contributed by atoms with van der Waals surface area (Å²) in [4.78, 5) is 0. The molecule has 0 aliphatic carbocycles. The quantitative estimate of drug-likeness (QED) is 0.738. The van der Waals surface area contributed by atoms with Crippen molar-refractivity contribution in [3.8, 4) is 17.2 Å². The number of halogens is 4. The van der Waals surface area contributed by atoms with Crippen LogP contribution in [0.2, 0.25) is 0 Å². The van der Waals surface area contributed by atoms with E-state index >= 15 is 0 Å². The molecule has 0 amide bonds. The normalized spacial score (nSPS) is 11.2. The Labute approximate surface area is 113 Å². The summed E-state index contributed by atoms with van der Waals surface area (Å²) in [5, 5.41) is 8.70. The molecule has 0 saturated carbocycles. The van der Waals surface area contributed by atoms with E-state index in [2.05, 4.69) is 0 Å². The SMILES string of the molecule is N#CCc1c(F)cccc1-c1cccc(C(F)(F)F)c1. The molecule has 20 heavy (non-hydrogen) atoms. The van der Waals surface area contributed by atoms with Gasteiger partial charge in [-0.1, -0.05) is 24.3 Å². The van der Waals surface area contributed by atoms with Crippen LogP contribution in [0, 0.1) is 17.1 Å². The summed E-state index contributed by atoms with van der Waals surface area (Å²) >= 11 is 0. The van der Waals surface area contributed by atoms with Gasteiger partial charge in [-0.05, 0) is 29.3 Å². The average Bonchev–Trinajstić information content (AvgIpc) is 2.40. The first-order chi connectivity index (χ1) is 9.43. The molecule has 0 atom stereocenters. The van der Waals surface area contributed by atoms with Crippen molar-refractivity contribution in [2.45, 2.75) is 12.6 Å². The molecule has 0 heterocycles. The lowest BCUT2D eigenvalue weighted by molar-refractivity contribution is -0.137. The average molecular weight is 279 g/mol. The molecule has 0 N–H and O–H groups in total. The lowest BCUT2D eigenvalue weighted by atomic mass is 9.96. The van der Waals surface area contributed by atoms with Crippen LogP contribution < -0.4 is 0 Å². The van der Waals surface area contributed by atoms with Crippen molar-refractivity contribution >= 4 is 0 Å². The Kier molecular flexibility index (Phi) is 3.75. The first-order valence-electron chi connectivity index (χ1n) is 5.75. The van der Waals surface area contributed by atoms with Crippen LogP contribution in [-0.2, 0) is 12.6 Å². The largest absolute Gasteiger partial charge is 0.416 e. The Balaban J connectivity index is 2.58. The summed E-state index contributed by atoms with van der Waals surface area (Å²) in [6.45, 7) is 0. The van der Waals surface area contributed by atoms with E-state index in [-0.39, 0.29) is 17.5 Å². The third kappa shape index (κ3) is 2.80. The van der Waals surface area contributed by atoms with Crippen LogP contribution in [0.5, 0.6) is 0 Å². The highest BCUT2D eigenvalue weighted by atomic mass is 19.4. The van der Waals surface area contributed by atoms with E-state index in [1.165, 1.54) is 30.3 Å². The van der Waals surface area contributed by atoms with Crippen molar-refractivity contribution < 1.29 is 17.6 Å². The zero-order valence-corrected chi connectivity index (χ0v) is 10.2. The van der Waals surface area contributed by atoms with Gasteiger partial charge in [0.2, 0.25) is 0 Å². The van der Waals surface area contributed by atoms with E-state index in [0.717, 1.165) is 12.1 Å². The van der Waals surface area contributed by atoms with Crippen LogP contribution in [-0.4, -0.2) is 0 Å². The number of benzene rings is 2. The maximum Gasteiger partial charge on any atom is 0.416 e. The number of alkyl halides is 3. The van der Waals surface area contributed by atoms with E-state index < -0.39 is 17.6 Å². The predicted octanol–water partition coefficient (Wildman–Crippen LogP) is 4.58. The smallest absolute Gasteiger partial charge is 0.207 e. The highest BCUT2D eigenvalue weighted by molar-refractivity contribution is 5.68. The summed E-state index contributed by atoms with van der Waals surface area (Å²) in [6.07, 6.45) is -4.66. The van der Waals surface area contributed by atoms with Gasteiger partial charge in [0, 0.05) is 5.56 Å². The molecule has 0 aliphatic heterocycles. The number of hydrogen-bond donors (Lipinski definition) is 0. The van der Waals surface area contributed by atoms with Gasteiger partial charge in [-0.25, -0.2) is 4.39 Å². The molecule has 0 spiro atoms. The summed E-state index contributed by atoms with van der Waals surface area (Å²) in [5.74, 6) is -0.596. The minimum atomic E-state index is -4.46. The van der Waals surface area contributed by atoms with Crippen LogP contribution in [0.25, 0.3) is 11.1 Å². The lowest BCUT2D eigenvalue weighted by Crippen LogP contribution is -2.04. The van der Waals surface area contributed by atoms with Crippen molar-refractivity contribution in [1.29, 1.82) is 5.26 Å². The number of hydrogen-bond acceptors (Lipinski definition) is 1. The molecule has 2 aromatic rings. The van der Waals surface area contributed by atoms with Crippen molar-refractivity contribution in [1.82, 2.24) is 0 Å². The Morgan fingerprint density at radius 3 is 2.40 bits per heavy atom. The number of nitrogens with zero attached hydrogens (tertiary/aromatic N) is 1.